The minimum atomic E-state index is -0.157. The molecule has 1 aromatic rings. The van der Waals surface area contributed by atoms with Crippen LogP contribution in [-0.2, 0) is 16.0 Å². The van der Waals surface area contributed by atoms with Crippen LogP contribution in [0, 0.1) is 11.8 Å². The van der Waals surface area contributed by atoms with Gasteiger partial charge in [0.15, 0.2) is 0 Å². The first-order valence-electron chi connectivity index (χ1n) is 10.9. The van der Waals surface area contributed by atoms with Gasteiger partial charge in [0.1, 0.15) is 0 Å². The molecule has 1 N–H and O–H groups in total. The van der Waals surface area contributed by atoms with Gasteiger partial charge in [-0.2, -0.15) is 0 Å². The quantitative estimate of drug-likeness (QED) is 0.812. The van der Waals surface area contributed by atoms with E-state index in [-0.39, 0.29) is 23.7 Å². The van der Waals surface area contributed by atoms with E-state index in [0.29, 0.717) is 6.04 Å². The van der Waals surface area contributed by atoms with Gasteiger partial charge < -0.3 is 10.2 Å². The summed E-state index contributed by atoms with van der Waals surface area (Å²) in [4.78, 5) is 28.4. The number of para-hydroxylation sites is 1. The Morgan fingerprint density at radius 2 is 1.52 bits per heavy atom. The van der Waals surface area contributed by atoms with Crippen molar-refractivity contribution in [1.29, 1.82) is 0 Å². The minimum absolute atomic E-state index is 0.132. The van der Waals surface area contributed by atoms with Gasteiger partial charge in [-0.1, -0.05) is 56.7 Å². The van der Waals surface area contributed by atoms with Crippen molar-refractivity contribution in [2.45, 2.75) is 76.7 Å². The standard InChI is InChI=1S/C23H32N2O2/c26-22(24-18-10-3-1-2-4-11-18)19-12-6-7-13-20(19)23(27)25-16-15-17-9-5-8-14-21(17)25/h5,8-9,14,18-20H,1-4,6-7,10-13,15-16H2,(H,24,26). The van der Waals surface area contributed by atoms with Gasteiger partial charge >= 0.3 is 0 Å². The summed E-state index contributed by atoms with van der Waals surface area (Å²) in [6.07, 6.45) is 11.9. The third-order valence-electron chi connectivity index (χ3n) is 6.77. The lowest BCUT2D eigenvalue weighted by Crippen LogP contribution is -2.47. The summed E-state index contributed by atoms with van der Waals surface area (Å²) in [5.74, 6) is -0.00829. The normalized spacial score (nSPS) is 26.3. The second kappa shape index (κ2) is 8.45. The Kier molecular flexibility index (Phi) is 5.80. The monoisotopic (exact) mass is 368 g/mol. The predicted molar refractivity (Wildman–Crippen MR) is 108 cm³/mol. The molecular weight excluding hydrogens is 336 g/mol. The van der Waals surface area contributed by atoms with E-state index in [1.54, 1.807) is 0 Å². The highest BCUT2D eigenvalue weighted by atomic mass is 16.2. The van der Waals surface area contributed by atoms with E-state index in [2.05, 4.69) is 11.4 Å². The number of nitrogens with zero attached hydrogens (tertiary/aromatic N) is 1. The van der Waals surface area contributed by atoms with Gasteiger partial charge in [0.25, 0.3) is 0 Å². The number of nitrogens with one attached hydrogen (secondary N) is 1. The van der Waals surface area contributed by atoms with Crippen LogP contribution in [0.5, 0.6) is 0 Å². The van der Waals surface area contributed by atoms with Crippen molar-refractivity contribution in [3.05, 3.63) is 29.8 Å². The van der Waals surface area contributed by atoms with Crippen LogP contribution in [0.2, 0.25) is 0 Å². The number of hydrogen-bond acceptors (Lipinski definition) is 2. The Balaban J connectivity index is 1.45. The number of hydrogen-bond donors (Lipinski definition) is 1. The lowest BCUT2D eigenvalue weighted by atomic mass is 9.77. The zero-order valence-electron chi connectivity index (χ0n) is 16.3. The molecule has 146 valence electrons. The molecule has 2 fully saturated rings. The fourth-order valence-electron chi connectivity index (χ4n) is 5.24. The molecule has 1 aromatic carbocycles. The number of carbonyl (C=O) groups is 2. The average molecular weight is 369 g/mol. The molecule has 1 heterocycles. The predicted octanol–water partition coefficient (Wildman–Crippen LogP) is 4.22. The maximum Gasteiger partial charge on any atom is 0.230 e. The first kappa shape index (κ1) is 18.5. The van der Waals surface area contributed by atoms with Crippen LogP contribution in [0.25, 0.3) is 0 Å². The van der Waals surface area contributed by atoms with E-state index in [1.165, 1.54) is 31.2 Å². The van der Waals surface area contributed by atoms with Gasteiger partial charge in [-0.25, -0.2) is 0 Å². The van der Waals surface area contributed by atoms with Crippen molar-refractivity contribution in [2.75, 3.05) is 11.4 Å². The largest absolute Gasteiger partial charge is 0.353 e. The van der Waals surface area contributed by atoms with Crippen LogP contribution in [-0.4, -0.2) is 24.4 Å². The molecule has 2 aliphatic carbocycles. The molecule has 0 saturated heterocycles. The van der Waals surface area contributed by atoms with Gasteiger partial charge in [0.2, 0.25) is 11.8 Å². The summed E-state index contributed by atoms with van der Waals surface area (Å²) >= 11 is 0. The van der Waals surface area contributed by atoms with Gasteiger partial charge in [0, 0.05) is 24.2 Å². The molecule has 0 bridgehead atoms. The molecule has 2 amide bonds. The number of amides is 2. The maximum atomic E-state index is 13.4. The summed E-state index contributed by atoms with van der Waals surface area (Å²) in [5.41, 5.74) is 2.30. The highest BCUT2D eigenvalue weighted by Gasteiger charge is 2.40. The van der Waals surface area contributed by atoms with E-state index >= 15 is 0 Å². The molecule has 27 heavy (non-hydrogen) atoms. The van der Waals surface area contributed by atoms with Gasteiger partial charge in [-0.15, -0.1) is 0 Å². The molecule has 0 spiro atoms. The van der Waals surface area contributed by atoms with Crippen molar-refractivity contribution in [3.8, 4) is 0 Å². The third-order valence-corrected chi connectivity index (χ3v) is 6.77. The third kappa shape index (κ3) is 4.04. The van der Waals surface area contributed by atoms with Crippen molar-refractivity contribution in [3.63, 3.8) is 0 Å². The maximum absolute atomic E-state index is 13.4. The first-order chi connectivity index (χ1) is 13.2. The van der Waals surface area contributed by atoms with Crippen LogP contribution >= 0.6 is 0 Å². The number of anilines is 1. The second-order valence-electron chi connectivity index (χ2n) is 8.56. The summed E-state index contributed by atoms with van der Waals surface area (Å²) < 4.78 is 0. The molecule has 1 aliphatic heterocycles. The average Bonchev–Trinajstić information content (AvgIpc) is 2.97. The Hall–Kier alpha value is -1.84. The lowest BCUT2D eigenvalue weighted by Gasteiger charge is -2.33. The van der Waals surface area contributed by atoms with Crippen molar-refractivity contribution in [2.24, 2.45) is 11.8 Å². The molecule has 4 heteroatoms. The lowest BCUT2D eigenvalue weighted by molar-refractivity contribution is -0.135. The second-order valence-corrected chi connectivity index (χ2v) is 8.56. The Bertz CT molecular complexity index is 679. The topological polar surface area (TPSA) is 49.4 Å². The molecule has 4 rings (SSSR count). The molecule has 2 saturated carbocycles. The van der Waals surface area contributed by atoms with E-state index < -0.39 is 0 Å². The number of benzene rings is 1. The van der Waals surface area contributed by atoms with Crippen LogP contribution in [0.1, 0.15) is 69.8 Å². The van der Waals surface area contributed by atoms with Crippen LogP contribution in [0.4, 0.5) is 5.69 Å². The van der Waals surface area contributed by atoms with E-state index in [0.717, 1.165) is 57.2 Å². The van der Waals surface area contributed by atoms with Gasteiger partial charge in [0.05, 0.1) is 5.92 Å². The van der Waals surface area contributed by atoms with Gasteiger partial charge in [-0.3, -0.25) is 9.59 Å². The van der Waals surface area contributed by atoms with Crippen molar-refractivity contribution in [1.82, 2.24) is 5.32 Å². The Morgan fingerprint density at radius 1 is 0.852 bits per heavy atom. The number of rotatable bonds is 3. The zero-order valence-corrected chi connectivity index (χ0v) is 16.3. The molecule has 2 atom stereocenters. The molecule has 4 nitrogen and oxygen atoms in total. The highest BCUT2D eigenvalue weighted by Crippen LogP contribution is 2.36. The van der Waals surface area contributed by atoms with E-state index in [9.17, 15) is 9.59 Å². The smallest absolute Gasteiger partial charge is 0.230 e. The Labute approximate surface area is 162 Å². The molecule has 0 aromatic heterocycles. The van der Waals surface area contributed by atoms with E-state index in [1.807, 2.05) is 23.1 Å². The number of fused-ring (bicyclic) bond motifs is 1. The molecule has 2 unspecified atom stereocenters. The van der Waals surface area contributed by atoms with Crippen molar-refractivity contribution >= 4 is 17.5 Å². The summed E-state index contributed by atoms with van der Waals surface area (Å²) in [5, 5.41) is 3.31. The SMILES string of the molecule is O=C(NC1CCCCCC1)C1CCCCC1C(=O)N1CCc2ccccc21. The fraction of sp³-hybridized carbons (Fsp3) is 0.652. The molecule has 0 radical (unpaired) electrons. The van der Waals surface area contributed by atoms with Crippen molar-refractivity contribution < 1.29 is 9.59 Å². The molecule has 3 aliphatic rings. The number of carbonyl (C=O) groups excluding carboxylic acids is 2. The first-order valence-corrected chi connectivity index (χ1v) is 10.9. The minimum Gasteiger partial charge on any atom is -0.353 e. The van der Waals surface area contributed by atoms with E-state index in [4.69, 9.17) is 0 Å². The Morgan fingerprint density at radius 3 is 2.30 bits per heavy atom. The highest BCUT2D eigenvalue weighted by molar-refractivity contribution is 5.99. The van der Waals surface area contributed by atoms with Crippen LogP contribution < -0.4 is 10.2 Å². The molecular formula is C23H32N2O2. The fourth-order valence-corrected chi connectivity index (χ4v) is 5.24. The summed E-state index contributed by atoms with van der Waals surface area (Å²) in [6, 6.07) is 8.51. The van der Waals surface area contributed by atoms with Gasteiger partial charge in [-0.05, 0) is 43.7 Å². The summed E-state index contributed by atoms with van der Waals surface area (Å²) in [7, 11) is 0. The summed E-state index contributed by atoms with van der Waals surface area (Å²) in [6.45, 7) is 0.756. The zero-order chi connectivity index (χ0) is 18.6. The van der Waals surface area contributed by atoms with Crippen LogP contribution in [0.15, 0.2) is 24.3 Å². The van der Waals surface area contributed by atoms with Crippen LogP contribution in [0.3, 0.4) is 0 Å².